The predicted molar refractivity (Wildman–Crippen MR) is 88.5 cm³/mol. The molecule has 1 aromatic heterocycles. The molecule has 1 heterocycles. The number of anilines is 1. The van der Waals surface area contributed by atoms with Crippen molar-refractivity contribution in [3.05, 3.63) is 59.1 Å². The van der Waals surface area contributed by atoms with Crippen LogP contribution in [0.4, 0.5) is 32.0 Å². The lowest BCUT2D eigenvalue weighted by Gasteiger charge is -2.15. The smallest absolute Gasteiger partial charge is 0.420 e. The van der Waals surface area contributed by atoms with E-state index in [4.69, 9.17) is 4.42 Å². The van der Waals surface area contributed by atoms with Gasteiger partial charge >= 0.3 is 18.8 Å². The Morgan fingerprint density at radius 2 is 1.90 bits per heavy atom. The normalized spacial score (nSPS) is 11.8. The van der Waals surface area contributed by atoms with Gasteiger partial charge in [-0.05, 0) is 36.4 Å². The van der Waals surface area contributed by atoms with E-state index < -0.39 is 41.6 Å². The summed E-state index contributed by atoms with van der Waals surface area (Å²) >= 11 is 0. The molecule has 0 fully saturated rings. The largest absolute Gasteiger partial charge is 0.475 e. The van der Waals surface area contributed by atoms with Crippen LogP contribution in [-0.4, -0.2) is 17.7 Å². The summed E-state index contributed by atoms with van der Waals surface area (Å²) in [5.74, 6) is -3.67. The number of furan rings is 1. The van der Waals surface area contributed by atoms with Crippen LogP contribution >= 0.6 is 0 Å². The Morgan fingerprint density at radius 1 is 1.17 bits per heavy atom. The van der Waals surface area contributed by atoms with Crippen LogP contribution in [0.25, 0.3) is 11.0 Å². The molecule has 0 bridgehead atoms. The maximum atomic E-state index is 13.5. The van der Waals surface area contributed by atoms with E-state index in [1.54, 1.807) is 0 Å². The summed E-state index contributed by atoms with van der Waals surface area (Å²) in [6.07, 6.45) is -4.97. The summed E-state index contributed by atoms with van der Waals surface area (Å²) in [7, 11) is 0. The summed E-state index contributed by atoms with van der Waals surface area (Å²) in [6, 6.07) is 5.62. The third-order valence-electron chi connectivity index (χ3n) is 3.92. The highest BCUT2D eigenvalue weighted by Gasteiger charge is 2.35. The molecular weight excluding hydrogens is 408 g/mol. The van der Waals surface area contributed by atoms with Crippen molar-refractivity contribution in [3.63, 3.8) is 0 Å². The second-order valence-corrected chi connectivity index (χ2v) is 5.80. The minimum absolute atomic E-state index is 0.00784. The highest BCUT2D eigenvalue weighted by atomic mass is 19.4. The summed E-state index contributed by atoms with van der Waals surface area (Å²) < 4.78 is 86.6. The number of hydrogen-bond donors (Lipinski definition) is 2. The monoisotopic (exact) mass is 419 g/mol. The third kappa shape index (κ3) is 4.39. The van der Waals surface area contributed by atoms with Crippen LogP contribution in [0.15, 0.2) is 40.8 Å². The molecule has 0 unspecified atom stereocenters. The number of ether oxygens (including phenoxy) is 1. The number of hydrogen-bond acceptors (Lipinski definition) is 4. The lowest BCUT2D eigenvalue weighted by atomic mass is 10.1. The summed E-state index contributed by atoms with van der Waals surface area (Å²) in [6.45, 7) is -3.77. The first kappa shape index (κ1) is 20.4. The van der Waals surface area contributed by atoms with E-state index >= 15 is 0 Å². The molecule has 2 aromatic carbocycles. The number of carbonyl (C=O) groups is 1. The van der Waals surface area contributed by atoms with Gasteiger partial charge in [0.25, 0.3) is 0 Å². The zero-order valence-corrected chi connectivity index (χ0v) is 14.2. The Labute approximate surface area is 158 Å². The van der Waals surface area contributed by atoms with Crippen LogP contribution in [0.3, 0.4) is 0 Å². The van der Waals surface area contributed by atoms with E-state index in [1.807, 2.05) is 0 Å². The molecule has 0 spiro atoms. The van der Waals surface area contributed by atoms with Crippen molar-refractivity contribution in [2.45, 2.75) is 19.3 Å². The highest BCUT2D eigenvalue weighted by molar-refractivity contribution is 5.95. The molecule has 0 saturated carbocycles. The van der Waals surface area contributed by atoms with E-state index in [9.17, 15) is 36.2 Å². The predicted octanol–water partition coefficient (Wildman–Crippen LogP) is 5.50. The van der Waals surface area contributed by atoms with E-state index in [-0.39, 0.29) is 28.8 Å². The van der Waals surface area contributed by atoms with Crippen molar-refractivity contribution in [2.24, 2.45) is 0 Å². The van der Waals surface area contributed by atoms with Gasteiger partial charge in [-0.25, -0.2) is 9.18 Å². The van der Waals surface area contributed by atoms with Gasteiger partial charge in [0.2, 0.25) is 5.76 Å². The first-order valence-corrected chi connectivity index (χ1v) is 7.90. The minimum Gasteiger partial charge on any atom is -0.475 e. The fraction of sp³-hybridized carbons (Fsp3) is 0.167. The quantitative estimate of drug-likeness (QED) is 0.516. The van der Waals surface area contributed by atoms with Crippen molar-refractivity contribution in [1.82, 2.24) is 0 Å². The zero-order valence-electron chi connectivity index (χ0n) is 14.2. The molecule has 5 nitrogen and oxygen atoms in total. The number of nitrogens with one attached hydrogen (secondary N) is 1. The van der Waals surface area contributed by atoms with Gasteiger partial charge in [0.1, 0.15) is 17.1 Å². The highest BCUT2D eigenvalue weighted by Crippen LogP contribution is 2.38. The van der Waals surface area contributed by atoms with Crippen molar-refractivity contribution < 1.29 is 45.4 Å². The van der Waals surface area contributed by atoms with Crippen molar-refractivity contribution >= 4 is 22.6 Å². The summed E-state index contributed by atoms with van der Waals surface area (Å²) in [5, 5.41) is 11.9. The topological polar surface area (TPSA) is 71.7 Å². The van der Waals surface area contributed by atoms with E-state index in [1.165, 1.54) is 6.07 Å². The minimum atomic E-state index is -4.97. The van der Waals surface area contributed by atoms with Crippen LogP contribution < -0.4 is 10.1 Å². The maximum Gasteiger partial charge on any atom is 0.420 e. The van der Waals surface area contributed by atoms with Gasteiger partial charge in [-0.1, -0.05) is 0 Å². The molecule has 3 aromatic rings. The van der Waals surface area contributed by atoms with Crippen LogP contribution in [-0.2, 0) is 12.7 Å². The molecule has 2 N–H and O–H groups in total. The number of fused-ring (bicyclic) bond motifs is 1. The van der Waals surface area contributed by atoms with Gasteiger partial charge in [-0.2, -0.15) is 22.0 Å². The second-order valence-electron chi connectivity index (χ2n) is 5.80. The first-order chi connectivity index (χ1) is 13.6. The van der Waals surface area contributed by atoms with E-state index in [2.05, 4.69) is 10.1 Å². The van der Waals surface area contributed by atoms with Gasteiger partial charge in [0, 0.05) is 23.2 Å². The molecule has 154 valence electrons. The number of alkyl halides is 5. The number of carboxylic acid groups (broad SMARTS) is 1. The van der Waals surface area contributed by atoms with Gasteiger partial charge in [-0.15, -0.1) is 0 Å². The Morgan fingerprint density at radius 3 is 2.52 bits per heavy atom. The molecule has 11 heteroatoms. The molecule has 0 saturated heterocycles. The first-order valence-electron chi connectivity index (χ1n) is 7.90. The van der Waals surface area contributed by atoms with Crippen LogP contribution in [0.1, 0.15) is 21.7 Å². The Hall–Kier alpha value is -3.37. The summed E-state index contributed by atoms with van der Waals surface area (Å²) in [5.41, 5.74) is -1.50. The number of halogens is 6. The van der Waals surface area contributed by atoms with E-state index in [0.717, 1.165) is 18.2 Å². The fourth-order valence-corrected chi connectivity index (χ4v) is 2.72. The molecule has 0 amide bonds. The van der Waals surface area contributed by atoms with Crippen LogP contribution in [0.5, 0.6) is 5.75 Å². The van der Waals surface area contributed by atoms with Gasteiger partial charge < -0.3 is 19.6 Å². The molecule has 3 rings (SSSR count). The molecule has 0 aliphatic rings. The summed E-state index contributed by atoms with van der Waals surface area (Å²) in [4.78, 5) is 11.4. The molecule has 0 aliphatic heterocycles. The van der Waals surface area contributed by atoms with Gasteiger partial charge in [-0.3, -0.25) is 0 Å². The lowest BCUT2D eigenvalue weighted by molar-refractivity contribution is -0.141. The molecule has 0 atom stereocenters. The Bertz CT molecular complexity index is 1060. The average molecular weight is 419 g/mol. The average Bonchev–Trinajstić information content (AvgIpc) is 2.97. The molecule has 29 heavy (non-hydrogen) atoms. The number of carboxylic acids is 1. The Kier molecular flexibility index (Phi) is 5.31. The van der Waals surface area contributed by atoms with Crippen LogP contribution in [0, 0.1) is 5.82 Å². The second kappa shape index (κ2) is 7.57. The van der Waals surface area contributed by atoms with Crippen molar-refractivity contribution in [1.29, 1.82) is 0 Å². The molecule has 0 radical (unpaired) electrons. The maximum absolute atomic E-state index is 13.5. The lowest BCUT2D eigenvalue weighted by Crippen LogP contribution is -2.12. The Balaban J connectivity index is 1.95. The zero-order chi connectivity index (χ0) is 21.3. The SMILES string of the molecule is O=C(O)c1oc2ccc(F)cc2c1CNc1ccc(OC(F)F)c(C(F)(F)F)c1. The fourth-order valence-electron chi connectivity index (χ4n) is 2.72. The number of aromatic carboxylic acids is 1. The third-order valence-corrected chi connectivity index (χ3v) is 3.92. The molecular formula is C18H11F6NO4. The molecule has 0 aliphatic carbocycles. The number of benzene rings is 2. The van der Waals surface area contributed by atoms with Crippen molar-refractivity contribution in [2.75, 3.05) is 5.32 Å². The standard InChI is InChI=1S/C18H11F6NO4/c19-8-1-3-13-10(5-8)11(15(28-13)16(26)27)7-25-9-2-4-14(29-17(20)21)12(6-9)18(22,23)24/h1-6,17,25H,7H2,(H,26,27). The van der Waals surface area contributed by atoms with Crippen LogP contribution in [0.2, 0.25) is 0 Å². The van der Waals surface area contributed by atoms with Gasteiger partial charge in [0.05, 0.1) is 5.56 Å². The van der Waals surface area contributed by atoms with E-state index in [0.29, 0.717) is 12.1 Å². The number of rotatable bonds is 6. The van der Waals surface area contributed by atoms with Gasteiger partial charge in [0.15, 0.2) is 0 Å². The van der Waals surface area contributed by atoms with Crippen molar-refractivity contribution in [3.8, 4) is 5.75 Å².